The van der Waals surface area contributed by atoms with E-state index >= 15 is 0 Å². The second kappa shape index (κ2) is 8.11. The minimum atomic E-state index is -0.403. The van der Waals surface area contributed by atoms with E-state index in [0.29, 0.717) is 42.1 Å². The van der Waals surface area contributed by atoms with E-state index in [1.807, 2.05) is 0 Å². The number of piperidine rings is 1. The molecule has 1 aliphatic rings. The Hall–Kier alpha value is -3.09. The first-order valence-corrected chi connectivity index (χ1v) is 9.64. The molecule has 0 aliphatic carbocycles. The van der Waals surface area contributed by atoms with Crippen LogP contribution in [0.2, 0.25) is 0 Å². The van der Waals surface area contributed by atoms with E-state index < -0.39 is 5.82 Å². The maximum Gasteiger partial charge on any atom is 0.253 e. The number of benzene rings is 2. The molecule has 0 spiro atoms. The van der Waals surface area contributed by atoms with Gasteiger partial charge in [0.05, 0.1) is 5.56 Å². The lowest BCUT2D eigenvalue weighted by atomic mass is 9.94. The number of carbonyl (C=O) groups excluding carboxylic acids is 1. The van der Waals surface area contributed by atoms with Gasteiger partial charge in [0.15, 0.2) is 0 Å². The van der Waals surface area contributed by atoms with Gasteiger partial charge in [0.2, 0.25) is 11.7 Å². The summed E-state index contributed by atoms with van der Waals surface area (Å²) in [6.45, 7) is 2.83. The van der Waals surface area contributed by atoms with Gasteiger partial charge >= 0.3 is 0 Å². The summed E-state index contributed by atoms with van der Waals surface area (Å²) in [5.41, 5.74) is 1.16. The molecule has 3 aromatic rings. The average molecular weight is 397 g/mol. The van der Waals surface area contributed by atoms with Crippen LogP contribution in [0, 0.1) is 24.5 Å². The van der Waals surface area contributed by atoms with Crippen molar-refractivity contribution in [2.24, 2.45) is 5.92 Å². The number of carbonyl (C=O) groups is 1. The summed E-state index contributed by atoms with van der Waals surface area (Å²) in [5.74, 6) is -0.167. The highest BCUT2D eigenvalue weighted by atomic mass is 19.1. The molecule has 0 bridgehead atoms. The number of halogens is 2. The molecular formula is C22H21F2N3O2. The highest BCUT2D eigenvalue weighted by Gasteiger charge is 2.26. The molecule has 4 rings (SSSR count). The summed E-state index contributed by atoms with van der Waals surface area (Å²) in [5, 5.41) is 3.88. The van der Waals surface area contributed by atoms with Gasteiger partial charge in [0.1, 0.15) is 11.6 Å². The fraction of sp³-hybridized carbons (Fsp3) is 0.318. The average Bonchev–Trinajstić information content (AvgIpc) is 3.18. The van der Waals surface area contributed by atoms with E-state index in [-0.39, 0.29) is 23.5 Å². The number of rotatable bonds is 4. The zero-order chi connectivity index (χ0) is 20.4. The molecule has 0 radical (unpaired) electrons. The summed E-state index contributed by atoms with van der Waals surface area (Å²) in [6.07, 6.45) is 2.27. The third-order valence-corrected chi connectivity index (χ3v) is 5.27. The molecule has 2 aromatic carbocycles. The molecule has 1 atom stereocenters. The Kier molecular flexibility index (Phi) is 5.38. The monoisotopic (exact) mass is 397 g/mol. The first-order chi connectivity index (χ1) is 14.0. The van der Waals surface area contributed by atoms with Gasteiger partial charge in [-0.3, -0.25) is 4.79 Å². The van der Waals surface area contributed by atoms with Gasteiger partial charge in [-0.2, -0.15) is 4.98 Å². The molecule has 1 saturated heterocycles. The topological polar surface area (TPSA) is 59.2 Å². The number of hydrogen-bond acceptors (Lipinski definition) is 4. The second-order valence-corrected chi connectivity index (χ2v) is 7.42. The quantitative estimate of drug-likeness (QED) is 0.654. The molecule has 5 nitrogen and oxygen atoms in total. The number of likely N-dealkylation sites (tertiary alicyclic amines) is 1. The minimum absolute atomic E-state index is 0.150. The van der Waals surface area contributed by atoms with Crippen LogP contribution in [0.5, 0.6) is 0 Å². The van der Waals surface area contributed by atoms with Crippen molar-refractivity contribution in [3.8, 4) is 11.4 Å². The molecule has 1 fully saturated rings. The van der Waals surface area contributed by atoms with Gasteiger partial charge in [-0.1, -0.05) is 23.4 Å². The summed E-state index contributed by atoms with van der Waals surface area (Å²) >= 11 is 0. The van der Waals surface area contributed by atoms with Crippen molar-refractivity contribution in [2.75, 3.05) is 13.1 Å². The predicted molar refractivity (Wildman–Crippen MR) is 103 cm³/mol. The van der Waals surface area contributed by atoms with Gasteiger partial charge in [-0.05, 0) is 55.5 Å². The number of nitrogens with zero attached hydrogens (tertiary/aromatic N) is 3. The zero-order valence-corrected chi connectivity index (χ0v) is 16.1. The maximum absolute atomic E-state index is 13.9. The summed E-state index contributed by atoms with van der Waals surface area (Å²) in [6, 6.07) is 10.8. The van der Waals surface area contributed by atoms with Crippen molar-refractivity contribution in [1.82, 2.24) is 15.0 Å². The van der Waals surface area contributed by atoms with Crippen LogP contribution in [0.25, 0.3) is 11.4 Å². The molecule has 29 heavy (non-hydrogen) atoms. The summed E-state index contributed by atoms with van der Waals surface area (Å²) < 4.78 is 33.0. The van der Waals surface area contributed by atoms with Gasteiger partial charge in [0, 0.05) is 25.1 Å². The molecular weight excluding hydrogens is 376 g/mol. The van der Waals surface area contributed by atoms with E-state index in [9.17, 15) is 13.6 Å². The lowest BCUT2D eigenvalue weighted by Gasteiger charge is -2.32. The van der Waals surface area contributed by atoms with Crippen molar-refractivity contribution >= 4 is 5.91 Å². The fourth-order valence-electron chi connectivity index (χ4n) is 3.66. The summed E-state index contributed by atoms with van der Waals surface area (Å²) in [4.78, 5) is 18.8. The van der Waals surface area contributed by atoms with Crippen LogP contribution in [0.15, 0.2) is 47.0 Å². The van der Waals surface area contributed by atoms with Crippen LogP contribution in [0.3, 0.4) is 0 Å². The Balaban J connectivity index is 1.43. The third kappa shape index (κ3) is 4.18. The number of hydrogen-bond donors (Lipinski definition) is 0. The number of aromatic nitrogens is 2. The van der Waals surface area contributed by atoms with Crippen LogP contribution in [0.1, 0.15) is 34.7 Å². The Morgan fingerprint density at radius 1 is 1.21 bits per heavy atom. The van der Waals surface area contributed by atoms with E-state index in [4.69, 9.17) is 4.52 Å². The largest absolute Gasteiger partial charge is 0.339 e. The van der Waals surface area contributed by atoms with Crippen LogP contribution in [0.4, 0.5) is 8.78 Å². The van der Waals surface area contributed by atoms with E-state index in [1.54, 1.807) is 42.2 Å². The molecule has 150 valence electrons. The second-order valence-electron chi connectivity index (χ2n) is 7.42. The first kappa shape index (κ1) is 19.2. The predicted octanol–water partition coefficient (Wildman–Crippen LogP) is 4.42. The van der Waals surface area contributed by atoms with Crippen LogP contribution >= 0.6 is 0 Å². The lowest BCUT2D eigenvalue weighted by molar-refractivity contribution is 0.0667. The molecule has 7 heteroatoms. The van der Waals surface area contributed by atoms with Crippen LogP contribution in [-0.2, 0) is 6.42 Å². The molecule has 0 saturated carbocycles. The number of amides is 1. The maximum atomic E-state index is 13.9. The van der Waals surface area contributed by atoms with Crippen molar-refractivity contribution in [1.29, 1.82) is 0 Å². The van der Waals surface area contributed by atoms with E-state index in [1.165, 1.54) is 12.1 Å². The first-order valence-electron chi connectivity index (χ1n) is 9.64. The highest BCUT2D eigenvalue weighted by molar-refractivity contribution is 5.94. The Labute approximate surface area is 167 Å². The third-order valence-electron chi connectivity index (χ3n) is 5.27. The zero-order valence-electron chi connectivity index (χ0n) is 16.1. The normalized spacial score (nSPS) is 16.8. The van der Waals surface area contributed by atoms with Crippen LogP contribution < -0.4 is 0 Å². The molecule has 1 aliphatic heterocycles. The molecule has 1 aromatic heterocycles. The minimum Gasteiger partial charge on any atom is -0.339 e. The van der Waals surface area contributed by atoms with Crippen molar-refractivity contribution in [3.63, 3.8) is 0 Å². The van der Waals surface area contributed by atoms with Crippen molar-refractivity contribution in [3.05, 3.63) is 71.1 Å². The summed E-state index contributed by atoms with van der Waals surface area (Å²) in [7, 11) is 0. The van der Waals surface area contributed by atoms with E-state index in [2.05, 4.69) is 10.1 Å². The molecule has 2 heterocycles. The SMILES string of the molecule is Cc1ccc(C(=O)N2CCCC(Cc3nc(-c4ccccc4F)no3)C2)cc1F. The Morgan fingerprint density at radius 2 is 2.03 bits per heavy atom. The van der Waals surface area contributed by atoms with Gasteiger partial charge in [-0.15, -0.1) is 0 Å². The molecule has 1 unspecified atom stereocenters. The molecule has 0 N–H and O–H groups in total. The smallest absolute Gasteiger partial charge is 0.253 e. The van der Waals surface area contributed by atoms with Gasteiger partial charge in [-0.25, -0.2) is 8.78 Å². The Morgan fingerprint density at radius 3 is 2.83 bits per heavy atom. The van der Waals surface area contributed by atoms with Crippen LogP contribution in [-0.4, -0.2) is 34.0 Å². The standard InChI is InChI=1S/C22H21F2N3O2/c1-14-8-9-16(12-19(14)24)22(28)27-10-4-5-15(13-27)11-20-25-21(26-29-20)17-6-2-3-7-18(17)23/h2-3,6-9,12,15H,4-5,10-11,13H2,1H3. The van der Waals surface area contributed by atoms with Gasteiger partial charge in [0.25, 0.3) is 5.91 Å². The molecule has 1 amide bonds. The van der Waals surface area contributed by atoms with E-state index in [0.717, 1.165) is 12.8 Å². The van der Waals surface area contributed by atoms with Crippen molar-refractivity contribution in [2.45, 2.75) is 26.2 Å². The number of aryl methyl sites for hydroxylation is 1. The highest BCUT2D eigenvalue weighted by Crippen LogP contribution is 2.24. The lowest BCUT2D eigenvalue weighted by Crippen LogP contribution is -2.40. The fourth-order valence-corrected chi connectivity index (χ4v) is 3.66. The Bertz CT molecular complexity index is 1030. The van der Waals surface area contributed by atoms with Crippen molar-refractivity contribution < 1.29 is 18.1 Å². The van der Waals surface area contributed by atoms with Gasteiger partial charge < -0.3 is 9.42 Å².